The second-order valence-corrected chi connectivity index (χ2v) is 17.4. The number of aliphatic hydroxyl groups is 1. The van der Waals surface area contributed by atoms with Gasteiger partial charge in [-0.1, -0.05) is 36.4 Å². The first-order valence-corrected chi connectivity index (χ1v) is 21.5. The lowest BCUT2D eigenvalue weighted by Crippen LogP contribution is -2.51. The summed E-state index contributed by atoms with van der Waals surface area (Å²) in [5.41, 5.74) is 8.62. The third-order valence-electron chi connectivity index (χ3n) is 13.9. The standard InChI is InChI=1S/C24H28FN3O2.C24H26FN3O2/c2*1-26-21-5-2-4-18-19-14-27(13-11-20(19)28(24(18)21)15-23(26)30)12-3-6-22(29)16-7-9-17(25)10-8-16/h2,4-5,7-10,19-20,22,29H,3,6,11-15H2,1H3;2,4-5,7-10,19-20H,3,6,11-15H2,1H3/t19-,20-,22?;19-,20-/m00/s1. The number of likely N-dealkylation sites (N-methyl/N-ethyl adjacent to an activating group) is 2. The highest BCUT2D eigenvalue weighted by Gasteiger charge is 2.47. The Morgan fingerprint density at radius 3 is 1.68 bits per heavy atom. The van der Waals surface area contributed by atoms with E-state index in [0.29, 0.717) is 55.4 Å². The number of ketones is 1. The minimum atomic E-state index is -0.552. The van der Waals surface area contributed by atoms with Crippen LogP contribution in [0.5, 0.6) is 0 Å². The first-order chi connectivity index (χ1) is 29.0. The molecule has 4 aromatic carbocycles. The second kappa shape index (κ2) is 16.7. The summed E-state index contributed by atoms with van der Waals surface area (Å²) in [7, 11) is 3.73. The number of likely N-dealkylation sites (tertiary alicyclic amines) is 2. The zero-order chi connectivity index (χ0) is 41.7. The number of hydrogen-bond acceptors (Lipinski definition) is 8. The molecule has 60 heavy (non-hydrogen) atoms. The molecule has 6 aliphatic rings. The van der Waals surface area contributed by atoms with Crippen molar-refractivity contribution in [3.63, 3.8) is 0 Å². The van der Waals surface area contributed by atoms with E-state index in [1.807, 2.05) is 20.2 Å². The van der Waals surface area contributed by atoms with Gasteiger partial charge in [0.1, 0.15) is 11.6 Å². The van der Waals surface area contributed by atoms with Crippen molar-refractivity contribution in [2.24, 2.45) is 0 Å². The number of amides is 2. The van der Waals surface area contributed by atoms with Crippen molar-refractivity contribution in [1.29, 1.82) is 0 Å². The van der Waals surface area contributed by atoms with Crippen molar-refractivity contribution >= 4 is 40.3 Å². The third kappa shape index (κ3) is 7.58. The lowest BCUT2D eigenvalue weighted by Gasteiger charge is -2.41. The van der Waals surface area contributed by atoms with E-state index in [4.69, 9.17) is 0 Å². The van der Waals surface area contributed by atoms with Gasteiger partial charge in [-0.25, -0.2) is 8.78 Å². The molecule has 2 amide bonds. The maximum atomic E-state index is 13.1. The van der Waals surface area contributed by atoms with Crippen LogP contribution in [0.2, 0.25) is 0 Å². The smallest absolute Gasteiger partial charge is 0.246 e. The lowest BCUT2D eigenvalue weighted by molar-refractivity contribution is -0.118. The van der Waals surface area contributed by atoms with Gasteiger partial charge in [0.05, 0.1) is 41.9 Å². The molecule has 0 spiro atoms. The van der Waals surface area contributed by atoms with E-state index in [9.17, 15) is 28.3 Å². The fraction of sp³-hybridized carbons (Fsp3) is 0.438. The predicted octanol–water partition coefficient (Wildman–Crippen LogP) is 6.74. The van der Waals surface area contributed by atoms with Gasteiger partial charge in [0, 0.05) is 76.2 Å². The normalized spacial score (nSPS) is 23.4. The highest BCUT2D eigenvalue weighted by molar-refractivity contribution is 6.05. The Balaban J connectivity index is 0.000000154. The van der Waals surface area contributed by atoms with Crippen LogP contribution in [0.25, 0.3) is 0 Å². The molecule has 5 atom stereocenters. The van der Waals surface area contributed by atoms with Crippen LogP contribution in [0, 0.1) is 11.6 Å². The maximum Gasteiger partial charge on any atom is 0.246 e. The Labute approximate surface area is 351 Å². The molecule has 4 aromatic rings. The van der Waals surface area contributed by atoms with Gasteiger partial charge in [0.2, 0.25) is 11.8 Å². The summed E-state index contributed by atoms with van der Waals surface area (Å²) < 4.78 is 26.1. The monoisotopic (exact) mass is 816 g/mol. The zero-order valence-corrected chi connectivity index (χ0v) is 34.5. The number of piperidine rings is 2. The largest absolute Gasteiger partial charge is 0.388 e. The van der Waals surface area contributed by atoms with Crippen LogP contribution in [0.3, 0.4) is 0 Å². The molecule has 0 radical (unpaired) electrons. The lowest BCUT2D eigenvalue weighted by atomic mass is 9.89. The molecule has 2 fully saturated rings. The highest BCUT2D eigenvalue weighted by Crippen LogP contribution is 2.52. The SMILES string of the molecule is CN1C(=O)CN2c3c(cccc31)[C@@H]1CN(CCCC(=O)c3ccc(F)cc3)CC[C@@H]12.CN1C(=O)CN2c3c(cccc31)[C@@H]1CN(CCCC(O)c3ccc(F)cc3)CC[C@@H]12. The van der Waals surface area contributed by atoms with Gasteiger partial charge >= 0.3 is 0 Å². The summed E-state index contributed by atoms with van der Waals surface area (Å²) in [6.45, 7) is 6.70. The van der Waals surface area contributed by atoms with E-state index < -0.39 is 6.10 Å². The third-order valence-corrected chi connectivity index (χ3v) is 13.9. The number of carbonyl (C=O) groups excluding carboxylic acids is 3. The Hall–Kier alpha value is -5.17. The fourth-order valence-electron chi connectivity index (χ4n) is 10.7. The molecule has 0 aliphatic carbocycles. The van der Waals surface area contributed by atoms with Gasteiger partial charge in [-0.2, -0.15) is 0 Å². The van der Waals surface area contributed by atoms with Crippen molar-refractivity contribution < 1.29 is 28.3 Å². The van der Waals surface area contributed by atoms with E-state index >= 15 is 0 Å². The van der Waals surface area contributed by atoms with Gasteiger partial charge in [-0.15, -0.1) is 0 Å². The van der Waals surface area contributed by atoms with E-state index in [2.05, 4.69) is 49.9 Å². The minimum Gasteiger partial charge on any atom is -0.388 e. The van der Waals surface area contributed by atoms with Crippen LogP contribution in [0.1, 0.15) is 83.5 Å². The Bertz CT molecular complexity index is 2250. The first-order valence-electron chi connectivity index (χ1n) is 21.5. The van der Waals surface area contributed by atoms with E-state index in [1.54, 1.807) is 34.1 Å². The number of nitrogens with zero attached hydrogens (tertiary/aromatic N) is 6. The molecule has 2 saturated heterocycles. The average molecular weight is 817 g/mol. The van der Waals surface area contributed by atoms with Crippen molar-refractivity contribution in [2.45, 2.75) is 68.5 Å². The van der Waals surface area contributed by atoms with Crippen LogP contribution in [-0.4, -0.2) is 111 Å². The second-order valence-electron chi connectivity index (χ2n) is 17.4. The van der Waals surface area contributed by atoms with Crippen LogP contribution in [0.4, 0.5) is 31.5 Å². The quantitative estimate of drug-likeness (QED) is 0.176. The molecule has 0 aromatic heterocycles. The maximum absolute atomic E-state index is 13.1. The number of benzene rings is 4. The molecule has 10 rings (SSSR count). The summed E-state index contributed by atoms with van der Waals surface area (Å²) in [5, 5.41) is 10.4. The van der Waals surface area contributed by atoms with Crippen LogP contribution in [-0.2, 0) is 9.59 Å². The summed E-state index contributed by atoms with van der Waals surface area (Å²) in [6, 6.07) is 25.4. The van der Waals surface area contributed by atoms with Crippen LogP contribution < -0.4 is 19.6 Å². The molecular weight excluding hydrogens is 763 g/mol. The molecule has 6 aliphatic heterocycles. The molecule has 12 heteroatoms. The van der Waals surface area contributed by atoms with Crippen molar-refractivity contribution in [1.82, 2.24) is 9.80 Å². The average Bonchev–Trinajstić information content (AvgIpc) is 3.74. The number of anilines is 4. The molecule has 0 saturated carbocycles. The van der Waals surface area contributed by atoms with Gasteiger partial charge in [0.25, 0.3) is 0 Å². The Kier molecular flexibility index (Phi) is 11.2. The summed E-state index contributed by atoms with van der Waals surface area (Å²) >= 11 is 0. The number of para-hydroxylation sites is 2. The summed E-state index contributed by atoms with van der Waals surface area (Å²) in [4.78, 5) is 50.4. The number of halogens is 2. The summed E-state index contributed by atoms with van der Waals surface area (Å²) in [6.07, 6.45) is 4.37. The first kappa shape index (κ1) is 40.2. The molecule has 10 nitrogen and oxygen atoms in total. The highest BCUT2D eigenvalue weighted by atomic mass is 19.1. The predicted molar refractivity (Wildman–Crippen MR) is 230 cm³/mol. The van der Waals surface area contributed by atoms with Crippen molar-refractivity contribution in [3.05, 3.63) is 119 Å². The van der Waals surface area contributed by atoms with Gasteiger partial charge in [0.15, 0.2) is 5.78 Å². The molecular formula is C48H54F2N6O4. The van der Waals surface area contributed by atoms with E-state index in [-0.39, 0.29) is 29.2 Å². The topological polar surface area (TPSA) is 90.9 Å². The zero-order valence-electron chi connectivity index (χ0n) is 34.5. The minimum absolute atomic E-state index is 0.0688. The van der Waals surface area contributed by atoms with E-state index in [0.717, 1.165) is 81.9 Å². The number of fused-ring (bicyclic) bond motifs is 6. The van der Waals surface area contributed by atoms with Gasteiger partial charge in [-0.3, -0.25) is 14.4 Å². The van der Waals surface area contributed by atoms with Crippen LogP contribution in [0.15, 0.2) is 84.9 Å². The molecule has 6 heterocycles. The molecule has 1 unspecified atom stereocenters. The summed E-state index contributed by atoms with van der Waals surface area (Å²) in [5.74, 6) is 0.620. The number of carbonyl (C=O) groups is 3. The number of aliphatic hydroxyl groups excluding tert-OH is 1. The fourth-order valence-corrected chi connectivity index (χ4v) is 10.7. The van der Waals surface area contributed by atoms with Crippen molar-refractivity contribution in [2.75, 3.05) is 86.1 Å². The number of Topliss-reactive ketones (excluding diaryl/α,β-unsaturated/α-hetero) is 1. The van der Waals surface area contributed by atoms with Gasteiger partial charge < -0.3 is 34.5 Å². The Morgan fingerprint density at radius 2 is 1.17 bits per heavy atom. The van der Waals surface area contributed by atoms with Crippen molar-refractivity contribution in [3.8, 4) is 0 Å². The number of hydrogen-bond donors (Lipinski definition) is 1. The number of rotatable bonds is 10. The molecule has 1 N–H and O–H groups in total. The molecule has 0 bridgehead atoms. The Morgan fingerprint density at radius 1 is 0.683 bits per heavy atom. The van der Waals surface area contributed by atoms with Crippen LogP contribution >= 0.6 is 0 Å². The molecule has 314 valence electrons. The van der Waals surface area contributed by atoms with E-state index in [1.165, 1.54) is 46.8 Å². The van der Waals surface area contributed by atoms with Gasteiger partial charge in [-0.05, 0) is 110 Å².